The molecule has 1 atom stereocenters. The van der Waals surface area contributed by atoms with Crippen molar-refractivity contribution in [2.75, 3.05) is 11.6 Å². The SMILES string of the molecule is CC(C)c1ccc(CNC(=O)N2CSCC2C(=O)O)cc1. The van der Waals surface area contributed by atoms with Crippen LogP contribution in [-0.4, -0.2) is 39.7 Å². The van der Waals surface area contributed by atoms with E-state index >= 15 is 0 Å². The van der Waals surface area contributed by atoms with Crippen molar-refractivity contribution in [1.29, 1.82) is 0 Å². The number of thioether (sulfide) groups is 1. The predicted molar refractivity (Wildman–Crippen MR) is 83.4 cm³/mol. The lowest BCUT2D eigenvalue weighted by atomic mass is 10.0. The highest BCUT2D eigenvalue weighted by molar-refractivity contribution is 7.99. The van der Waals surface area contributed by atoms with E-state index in [2.05, 4.69) is 31.3 Å². The molecule has 0 bridgehead atoms. The fraction of sp³-hybridized carbons (Fsp3) is 0.467. The normalized spacial score (nSPS) is 18.0. The van der Waals surface area contributed by atoms with E-state index in [4.69, 9.17) is 5.11 Å². The smallest absolute Gasteiger partial charge is 0.327 e. The Morgan fingerprint density at radius 3 is 2.62 bits per heavy atom. The summed E-state index contributed by atoms with van der Waals surface area (Å²) < 4.78 is 0. The van der Waals surface area contributed by atoms with Crippen LogP contribution in [0.1, 0.15) is 30.9 Å². The topological polar surface area (TPSA) is 69.6 Å². The number of nitrogens with one attached hydrogen (secondary N) is 1. The lowest BCUT2D eigenvalue weighted by Crippen LogP contribution is -2.46. The molecule has 2 N–H and O–H groups in total. The lowest BCUT2D eigenvalue weighted by Gasteiger charge is -2.21. The van der Waals surface area contributed by atoms with Crippen LogP contribution >= 0.6 is 11.8 Å². The number of benzene rings is 1. The number of hydrogen-bond donors (Lipinski definition) is 2. The Balaban J connectivity index is 1.90. The number of carboxylic acids is 1. The molecule has 0 aromatic heterocycles. The van der Waals surface area contributed by atoms with Crippen LogP contribution in [-0.2, 0) is 11.3 Å². The number of urea groups is 1. The minimum absolute atomic E-state index is 0.319. The van der Waals surface area contributed by atoms with E-state index < -0.39 is 12.0 Å². The van der Waals surface area contributed by atoms with Gasteiger partial charge in [-0.15, -0.1) is 11.8 Å². The van der Waals surface area contributed by atoms with Gasteiger partial charge in [-0.1, -0.05) is 38.1 Å². The number of carbonyl (C=O) groups is 2. The standard InChI is InChI=1S/C15H20N2O3S/c1-10(2)12-5-3-11(4-6-12)7-16-15(20)17-9-21-8-13(17)14(18)19/h3-6,10,13H,7-9H2,1-2H3,(H,16,20)(H,18,19). The van der Waals surface area contributed by atoms with Crippen LogP contribution < -0.4 is 5.32 Å². The molecule has 6 heteroatoms. The zero-order chi connectivity index (χ0) is 15.4. The number of rotatable bonds is 4. The van der Waals surface area contributed by atoms with E-state index in [0.29, 0.717) is 24.1 Å². The molecule has 1 saturated heterocycles. The van der Waals surface area contributed by atoms with Crippen molar-refractivity contribution in [3.05, 3.63) is 35.4 Å². The average Bonchev–Trinajstić information content (AvgIpc) is 2.95. The summed E-state index contributed by atoms with van der Waals surface area (Å²) in [7, 11) is 0. The summed E-state index contributed by atoms with van der Waals surface area (Å²) in [5.74, 6) is 0.406. The monoisotopic (exact) mass is 308 g/mol. The molecule has 0 radical (unpaired) electrons. The second-order valence-electron chi connectivity index (χ2n) is 5.38. The Hall–Kier alpha value is -1.69. The zero-order valence-corrected chi connectivity index (χ0v) is 13.0. The second kappa shape index (κ2) is 6.85. The number of carboxylic acid groups (broad SMARTS) is 1. The number of nitrogens with zero attached hydrogens (tertiary/aromatic N) is 1. The van der Waals surface area contributed by atoms with E-state index in [9.17, 15) is 9.59 Å². The second-order valence-corrected chi connectivity index (χ2v) is 6.38. The molecule has 5 nitrogen and oxygen atoms in total. The summed E-state index contributed by atoms with van der Waals surface area (Å²) in [6, 6.07) is 7.04. The Morgan fingerprint density at radius 1 is 1.38 bits per heavy atom. The van der Waals surface area contributed by atoms with Gasteiger partial charge in [0.05, 0.1) is 5.88 Å². The number of aliphatic carboxylic acids is 1. The maximum Gasteiger partial charge on any atom is 0.327 e. The lowest BCUT2D eigenvalue weighted by molar-refractivity contribution is -0.140. The summed E-state index contributed by atoms with van der Waals surface area (Å²) in [6.07, 6.45) is 0. The molecule has 0 aliphatic carbocycles. The summed E-state index contributed by atoms with van der Waals surface area (Å²) in [6.45, 7) is 4.67. The van der Waals surface area contributed by atoms with Gasteiger partial charge in [-0.25, -0.2) is 9.59 Å². The third kappa shape index (κ3) is 3.91. The highest BCUT2D eigenvalue weighted by Gasteiger charge is 2.34. The Kier molecular flexibility index (Phi) is 5.12. The van der Waals surface area contributed by atoms with Gasteiger partial charge in [-0.05, 0) is 17.0 Å². The molecular weight excluding hydrogens is 288 g/mol. The van der Waals surface area contributed by atoms with Crippen molar-refractivity contribution >= 4 is 23.8 Å². The van der Waals surface area contributed by atoms with Gasteiger partial charge < -0.3 is 15.3 Å². The first-order valence-electron chi connectivity index (χ1n) is 6.93. The summed E-state index contributed by atoms with van der Waals surface area (Å²) in [5, 5.41) is 11.9. The van der Waals surface area contributed by atoms with Crippen LogP contribution in [0.15, 0.2) is 24.3 Å². The molecule has 0 spiro atoms. The first-order valence-corrected chi connectivity index (χ1v) is 8.08. The van der Waals surface area contributed by atoms with Gasteiger partial charge in [-0.2, -0.15) is 0 Å². The maximum atomic E-state index is 12.0. The van der Waals surface area contributed by atoms with Gasteiger partial charge in [0.25, 0.3) is 0 Å². The van der Waals surface area contributed by atoms with Crippen LogP contribution in [0.3, 0.4) is 0 Å². The minimum atomic E-state index is -0.948. The average molecular weight is 308 g/mol. The molecule has 2 rings (SSSR count). The van der Waals surface area contributed by atoms with E-state index in [1.807, 2.05) is 12.1 Å². The van der Waals surface area contributed by atoms with Crippen molar-refractivity contribution in [1.82, 2.24) is 10.2 Å². The summed E-state index contributed by atoms with van der Waals surface area (Å²) in [4.78, 5) is 24.5. The molecule has 1 aromatic carbocycles. The van der Waals surface area contributed by atoms with E-state index in [0.717, 1.165) is 5.56 Å². The first kappa shape index (κ1) is 15.7. The molecule has 1 aliphatic rings. The third-order valence-electron chi connectivity index (χ3n) is 3.52. The van der Waals surface area contributed by atoms with Crippen LogP contribution in [0.2, 0.25) is 0 Å². The van der Waals surface area contributed by atoms with Crippen molar-refractivity contribution in [2.45, 2.75) is 32.4 Å². The number of amides is 2. The molecule has 114 valence electrons. The fourth-order valence-corrected chi connectivity index (χ4v) is 3.29. The minimum Gasteiger partial charge on any atom is -0.480 e. The highest BCUT2D eigenvalue weighted by Crippen LogP contribution is 2.21. The van der Waals surface area contributed by atoms with Gasteiger partial charge in [0.2, 0.25) is 0 Å². The van der Waals surface area contributed by atoms with Gasteiger partial charge in [0.15, 0.2) is 0 Å². The summed E-state index contributed by atoms with van der Waals surface area (Å²) >= 11 is 1.46. The summed E-state index contributed by atoms with van der Waals surface area (Å²) in [5.41, 5.74) is 2.26. The third-order valence-corrected chi connectivity index (χ3v) is 4.53. The zero-order valence-electron chi connectivity index (χ0n) is 12.2. The van der Waals surface area contributed by atoms with E-state index in [1.165, 1.54) is 22.2 Å². The molecule has 1 aromatic rings. The molecular formula is C15H20N2O3S. The Bertz CT molecular complexity index is 516. The van der Waals surface area contributed by atoms with Crippen molar-refractivity contribution in [3.8, 4) is 0 Å². The number of carbonyl (C=O) groups excluding carboxylic acids is 1. The Labute approximate surface area is 128 Å². The van der Waals surface area contributed by atoms with E-state index in [-0.39, 0.29) is 6.03 Å². The Morgan fingerprint density at radius 2 is 2.05 bits per heavy atom. The molecule has 1 unspecified atom stereocenters. The predicted octanol–water partition coefficient (Wildman–Crippen LogP) is 2.48. The quantitative estimate of drug-likeness (QED) is 0.896. The molecule has 2 amide bonds. The van der Waals surface area contributed by atoms with Gasteiger partial charge in [-0.3, -0.25) is 0 Å². The van der Waals surface area contributed by atoms with Crippen molar-refractivity contribution in [3.63, 3.8) is 0 Å². The molecule has 1 aliphatic heterocycles. The largest absolute Gasteiger partial charge is 0.480 e. The van der Waals surface area contributed by atoms with Crippen LogP contribution in [0.25, 0.3) is 0 Å². The number of hydrogen-bond acceptors (Lipinski definition) is 3. The van der Waals surface area contributed by atoms with Gasteiger partial charge in [0.1, 0.15) is 6.04 Å². The molecule has 0 saturated carbocycles. The molecule has 1 fully saturated rings. The van der Waals surface area contributed by atoms with Crippen LogP contribution in [0.5, 0.6) is 0 Å². The highest BCUT2D eigenvalue weighted by atomic mass is 32.2. The van der Waals surface area contributed by atoms with E-state index in [1.54, 1.807) is 0 Å². The van der Waals surface area contributed by atoms with Crippen LogP contribution in [0, 0.1) is 0 Å². The van der Waals surface area contributed by atoms with Crippen LogP contribution in [0.4, 0.5) is 4.79 Å². The maximum absolute atomic E-state index is 12.0. The molecule has 1 heterocycles. The fourth-order valence-electron chi connectivity index (χ4n) is 2.15. The van der Waals surface area contributed by atoms with Crippen molar-refractivity contribution < 1.29 is 14.7 Å². The molecule has 21 heavy (non-hydrogen) atoms. The first-order chi connectivity index (χ1) is 9.99. The van der Waals surface area contributed by atoms with Gasteiger partial charge >= 0.3 is 12.0 Å². The van der Waals surface area contributed by atoms with Crippen molar-refractivity contribution in [2.24, 2.45) is 0 Å². The van der Waals surface area contributed by atoms with Gasteiger partial charge in [0, 0.05) is 12.3 Å².